The average Bonchev–Trinajstić information content (AvgIpc) is 3.18. The molecule has 19 heavy (non-hydrogen) atoms. The standard InChI is InChI=1S/C14H17N3OS/c1-13-9-3-2-7-16-11(9)18-8-4-10(13)19-14(5-6-14)12(15)17-13/h2-3,7,10H,4-6,8H2,1H3,(H2,15,17). The first-order valence-corrected chi connectivity index (χ1v) is 7.64. The van der Waals surface area contributed by atoms with Crippen LogP contribution in [0.15, 0.2) is 23.3 Å². The molecular formula is C14H17N3OS. The number of ether oxygens (including phenoxy) is 1. The van der Waals surface area contributed by atoms with E-state index in [-0.39, 0.29) is 10.3 Å². The lowest BCUT2D eigenvalue weighted by molar-refractivity contribution is 0.304. The van der Waals surface area contributed by atoms with Crippen molar-refractivity contribution in [1.29, 1.82) is 0 Å². The molecule has 1 fully saturated rings. The minimum atomic E-state index is -0.303. The van der Waals surface area contributed by atoms with Gasteiger partial charge in [0.05, 0.1) is 11.4 Å². The molecule has 100 valence electrons. The number of hydrogen-bond acceptors (Lipinski definition) is 5. The van der Waals surface area contributed by atoms with Crippen LogP contribution in [0.4, 0.5) is 0 Å². The van der Waals surface area contributed by atoms with Crippen LogP contribution in [0.3, 0.4) is 0 Å². The quantitative estimate of drug-likeness (QED) is 0.787. The van der Waals surface area contributed by atoms with Crippen molar-refractivity contribution in [2.75, 3.05) is 6.61 Å². The Labute approximate surface area is 116 Å². The molecule has 2 unspecified atom stereocenters. The smallest absolute Gasteiger partial charge is 0.219 e. The lowest BCUT2D eigenvalue weighted by Crippen LogP contribution is -2.45. The predicted octanol–water partition coefficient (Wildman–Crippen LogP) is 2.08. The molecule has 2 atom stereocenters. The Balaban J connectivity index is 1.89. The maximum absolute atomic E-state index is 6.24. The summed E-state index contributed by atoms with van der Waals surface area (Å²) >= 11 is 2.00. The van der Waals surface area contributed by atoms with E-state index in [4.69, 9.17) is 15.5 Å². The first kappa shape index (κ1) is 11.6. The summed E-state index contributed by atoms with van der Waals surface area (Å²) in [6.45, 7) is 2.88. The number of hydrogen-bond donors (Lipinski definition) is 1. The fourth-order valence-corrected chi connectivity index (χ4v) is 4.76. The topological polar surface area (TPSA) is 60.5 Å². The van der Waals surface area contributed by atoms with Crippen LogP contribution in [0.1, 0.15) is 31.7 Å². The van der Waals surface area contributed by atoms with Gasteiger partial charge in [0.15, 0.2) is 0 Å². The zero-order valence-corrected chi connectivity index (χ0v) is 11.7. The minimum absolute atomic E-state index is 0.136. The first-order chi connectivity index (χ1) is 9.14. The van der Waals surface area contributed by atoms with E-state index in [9.17, 15) is 0 Å². The number of thioether (sulfide) groups is 1. The van der Waals surface area contributed by atoms with Gasteiger partial charge < -0.3 is 10.5 Å². The van der Waals surface area contributed by atoms with Crippen molar-refractivity contribution in [1.82, 2.24) is 4.98 Å². The summed E-state index contributed by atoms with van der Waals surface area (Å²) < 4.78 is 5.93. The summed E-state index contributed by atoms with van der Waals surface area (Å²) in [6, 6.07) is 4.02. The van der Waals surface area contributed by atoms with Crippen molar-refractivity contribution >= 4 is 17.6 Å². The lowest BCUT2D eigenvalue weighted by atomic mass is 9.88. The third kappa shape index (κ3) is 1.54. The van der Waals surface area contributed by atoms with Gasteiger partial charge in [0.2, 0.25) is 5.88 Å². The molecular weight excluding hydrogens is 258 g/mol. The van der Waals surface area contributed by atoms with E-state index in [1.807, 2.05) is 17.8 Å². The van der Waals surface area contributed by atoms with Gasteiger partial charge in [-0.15, -0.1) is 11.8 Å². The van der Waals surface area contributed by atoms with Crippen LogP contribution < -0.4 is 10.5 Å². The number of pyridine rings is 1. The van der Waals surface area contributed by atoms with Gasteiger partial charge in [-0.05, 0) is 38.3 Å². The molecule has 0 saturated heterocycles. The van der Waals surface area contributed by atoms with Crippen molar-refractivity contribution in [3.8, 4) is 5.88 Å². The van der Waals surface area contributed by atoms with Gasteiger partial charge in [-0.3, -0.25) is 4.99 Å². The van der Waals surface area contributed by atoms with E-state index in [1.165, 1.54) is 12.8 Å². The zero-order chi connectivity index (χ0) is 13.1. The van der Waals surface area contributed by atoms with Gasteiger partial charge >= 0.3 is 0 Å². The fourth-order valence-electron chi connectivity index (χ4n) is 3.09. The molecule has 0 radical (unpaired) electrons. The highest BCUT2D eigenvalue weighted by Crippen LogP contribution is 2.59. The number of rotatable bonds is 0. The Hall–Kier alpha value is -1.23. The molecule has 0 amide bonds. The first-order valence-electron chi connectivity index (χ1n) is 6.76. The molecule has 3 aliphatic rings. The zero-order valence-electron chi connectivity index (χ0n) is 10.9. The van der Waals surface area contributed by atoms with Gasteiger partial charge in [0, 0.05) is 17.0 Å². The van der Waals surface area contributed by atoms with E-state index >= 15 is 0 Å². The highest BCUT2D eigenvalue weighted by molar-refractivity contribution is 8.02. The molecule has 1 aromatic rings. The average molecular weight is 275 g/mol. The molecule has 1 saturated carbocycles. The SMILES string of the molecule is CC12N=C(N)C3(CC3)SC1CCOc1ncccc12. The van der Waals surface area contributed by atoms with Crippen LogP contribution in [-0.2, 0) is 5.54 Å². The summed E-state index contributed by atoms with van der Waals surface area (Å²) in [5.41, 5.74) is 7.01. The number of nitrogens with two attached hydrogens (primary N) is 1. The summed E-state index contributed by atoms with van der Waals surface area (Å²) in [5, 5.41) is 0.424. The van der Waals surface area contributed by atoms with E-state index < -0.39 is 0 Å². The lowest BCUT2D eigenvalue weighted by Gasteiger charge is -2.39. The number of aromatic nitrogens is 1. The highest BCUT2D eigenvalue weighted by Gasteiger charge is 2.57. The van der Waals surface area contributed by atoms with Crippen LogP contribution in [0.25, 0.3) is 0 Å². The molecule has 4 nitrogen and oxygen atoms in total. The Morgan fingerprint density at radius 3 is 3.11 bits per heavy atom. The van der Waals surface area contributed by atoms with Crippen molar-refractivity contribution in [2.45, 2.75) is 41.7 Å². The van der Waals surface area contributed by atoms with Crippen LogP contribution in [-0.4, -0.2) is 27.4 Å². The maximum atomic E-state index is 6.24. The number of aliphatic imine (C=N–C) groups is 1. The normalized spacial score (nSPS) is 34.6. The predicted molar refractivity (Wildman–Crippen MR) is 76.7 cm³/mol. The monoisotopic (exact) mass is 275 g/mol. The number of fused-ring (bicyclic) bond motifs is 3. The third-order valence-corrected chi connectivity index (χ3v) is 6.50. The largest absolute Gasteiger partial charge is 0.477 e. The van der Waals surface area contributed by atoms with Gasteiger partial charge in [0.1, 0.15) is 11.4 Å². The Bertz CT molecular complexity index is 570. The molecule has 0 aromatic carbocycles. The minimum Gasteiger partial charge on any atom is -0.477 e. The number of amidine groups is 1. The van der Waals surface area contributed by atoms with Gasteiger partial charge in [-0.2, -0.15) is 0 Å². The van der Waals surface area contributed by atoms with Crippen molar-refractivity contribution in [3.05, 3.63) is 23.9 Å². The molecule has 1 spiro atoms. The molecule has 3 heterocycles. The van der Waals surface area contributed by atoms with E-state index in [0.717, 1.165) is 23.7 Å². The van der Waals surface area contributed by atoms with Crippen LogP contribution in [0, 0.1) is 0 Å². The molecule has 5 heteroatoms. The van der Waals surface area contributed by atoms with Crippen molar-refractivity contribution in [2.24, 2.45) is 10.7 Å². The van der Waals surface area contributed by atoms with Gasteiger partial charge in [0.25, 0.3) is 0 Å². The molecule has 0 bridgehead atoms. The third-order valence-electron chi connectivity index (χ3n) is 4.45. The van der Waals surface area contributed by atoms with E-state index in [2.05, 4.69) is 18.0 Å². The van der Waals surface area contributed by atoms with Crippen LogP contribution in [0.5, 0.6) is 5.88 Å². The molecule has 2 aliphatic heterocycles. The Morgan fingerprint density at radius 1 is 1.47 bits per heavy atom. The van der Waals surface area contributed by atoms with Crippen molar-refractivity contribution in [3.63, 3.8) is 0 Å². The van der Waals surface area contributed by atoms with E-state index in [1.54, 1.807) is 6.20 Å². The summed E-state index contributed by atoms with van der Waals surface area (Å²) in [5.74, 6) is 1.53. The van der Waals surface area contributed by atoms with Crippen LogP contribution in [0.2, 0.25) is 0 Å². The van der Waals surface area contributed by atoms with Gasteiger partial charge in [-0.25, -0.2) is 4.98 Å². The summed E-state index contributed by atoms with van der Waals surface area (Å²) in [7, 11) is 0. The number of nitrogens with zero attached hydrogens (tertiary/aromatic N) is 2. The van der Waals surface area contributed by atoms with E-state index in [0.29, 0.717) is 11.9 Å². The Morgan fingerprint density at radius 2 is 2.32 bits per heavy atom. The second-order valence-corrected chi connectivity index (χ2v) is 7.32. The van der Waals surface area contributed by atoms with Crippen molar-refractivity contribution < 1.29 is 4.74 Å². The molecule has 1 aliphatic carbocycles. The summed E-state index contributed by atoms with van der Waals surface area (Å²) in [6.07, 6.45) is 5.10. The van der Waals surface area contributed by atoms with Gasteiger partial charge in [-0.1, -0.05) is 0 Å². The van der Waals surface area contributed by atoms with Crippen LogP contribution >= 0.6 is 11.8 Å². The second kappa shape index (κ2) is 3.66. The Kier molecular flexibility index (Phi) is 2.23. The highest BCUT2D eigenvalue weighted by atomic mass is 32.2. The fraction of sp³-hybridized carbons (Fsp3) is 0.571. The maximum Gasteiger partial charge on any atom is 0.219 e. The molecule has 4 rings (SSSR count). The molecule has 1 aromatic heterocycles. The second-order valence-electron chi connectivity index (χ2n) is 5.74. The molecule has 2 N–H and O–H groups in total. The summed E-state index contributed by atoms with van der Waals surface area (Å²) in [4.78, 5) is 9.26.